The lowest BCUT2D eigenvalue weighted by Gasteiger charge is -2.07. The summed E-state index contributed by atoms with van der Waals surface area (Å²) in [5.41, 5.74) is 3.03. The minimum atomic E-state index is -0.753. The Bertz CT molecular complexity index is 312. The molecule has 0 saturated carbocycles. The average molecular weight is 192 g/mol. The fourth-order valence-corrected chi connectivity index (χ4v) is 1.17. The molecule has 1 atom stereocenters. The van der Waals surface area contributed by atoms with Crippen LogP contribution in [0.1, 0.15) is 18.1 Å². The van der Waals surface area contributed by atoms with Crippen LogP contribution in [0.5, 0.6) is 0 Å². The molecule has 2 heteroatoms. The first-order valence-corrected chi connectivity index (χ1v) is 4.67. The molecule has 0 aliphatic carbocycles. The van der Waals surface area contributed by atoms with E-state index in [0.29, 0.717) is 0 Å². The number of rotatable bonds is 3. The molecule has 0 aliphatic heterocycles. The van der Waals surface area contributed by atoms with Crippen LogP contribution in [0.4, 0.5) is 0 Å². The number of aryl methyl sites for hydroxylation is 1. The third kappa shape index (κ3) is 2.98. The minimum Gasteiger partial charge on any atom is -0.393 e. The van der Waals surface area contributed by atoms with Crippen LogP contribution in [0, 0.1) is 6.92 Å². The van der Waals surface area contributed by atoms with Gasteiger partial charge in [0.05, 0.1) is 12.7 Å². The van der Waals surface area contributed by atoms with E-state index in [4.69, 9.17) is 5.11 Å². The summed E-state index contributed by atoms with van der Waals surface area (Å²) in [5.74, 6) is 0. The SMILES string of the molecule is CC(=Cc1ccc(C)cc1)C(O)CO. The highest BCUT2D eigenvalue weighted by Crippen LogP contribution is 2.10. The third-order valence-electron chi connectivity index (χ3n) is 2.17. The molecule has 0 heterocycles. The first kappa shape index (κ1) is 11.0. The van der Waals surface area contributed by atoms with E-state index >= 15 is 0 Å². The highest BCUT2D eigenvalue weighted by molar-refractivity contribution is 5.53. The van der Waals surface area contributed by atoms with Crippen molar-refractivity contribution in [2.24, 2.45) is 0 Å². The van der Waals surface area contributed by atoms with Crippen LogP contribution in [-0.2, 0) is 0 Å². The molecule has 1 rings (SSSR count). The summed E-state index contributed by atoms with van der Waals surface area (Å²) in [6.45, 7) is 3.61. The zero-order valence-electron chi connectivity index (χ0n) is 8.57. The Morgan fingerprint density at radius 3 is 2.43 bits per heavy atom. The molecule has 0 bridgehead atoms. The summed E-state index contributed by atoms with van der Waals surface area (Å²) in [4.78, 5) is 0. The van der Waals surface area contributed by atoms with Crippen molar-refractivity contribution in [1.82, 2.24) is 0 Å². The van der Waals surface area contributed by atoms with Gasteiger partial charge in [-0.05, 0) is 25.0 Å². The van der Waals surface area contributed by atoms with Crippen molar-refractivity contribution in [2.45, 2.75) is 20.0 Å². The van der Waals surface area contributed by atoms with Crippen LogP contribution in [-0.4, -0.2) is 22.9 Å². The van der Waals surface area contributed by atoms with Gasteiger partial charge in [0.15, 0.2) is 0 Å². The molecule has 1 unspecified atom stereocenters. The first-order valence-electron chi connectivity index (χ1n) is 4.67. The zero-order valence-corrected chi connectivity index (χ0v) is 8.57. The van der Waals surface area contributed by atoms with Gasteiger partial charge in [-0.25, -0.2) is 0 Å². The van der Waals surface area contributed by atoms with Gasteiger partial charge in [-0.15, -0.1) is 0 Å². The van der Waals surface area contributed by atoms with E-state index < -0.39 is 6.10 Å². The summed E-state index contributed by atoms with van der Waals surface area (Å²) in [5, 5.41) is 18.1. The molecule has 1 aromatic carbocycles. The van der Waals surface area contributed by atoms with Crippen molar-refractivity contribution in [3.63, 3.8) is 0 Å². The van der Waals surface area contributed by atoms with Crippen LogP contribution in [0.2, 0.25) is 0 Å². The van der Waals surface area contributed by atoms with Gasteiger partial charge in [0.2, 0.25) is 0 Å². The van der Waals surface area contributed by atoms with Crippen molar-refractivity contribution in [3.05, 3.63) is 41.0 Å². The van der Waals surface area contributed by atoms with Gasteiger partial charge < -0.3 is 10.2 Å². The lowest BCUT2D eigenvalue weighted by molar-refractivity contribution is 0.123. The minimum absolute atomic E-state index is 0.228. The van der Waals surface area contributed by atoms with Crippen LogP contribution < -0.4 is 0 Å². The Kier molecular flexibility index (Phi) is 3.86. The molecule has 0 radical (unpaired) electrons. The second kappa shape index (κ2) is 4.94. The van der Waals surface area contributed by atoms with Crippen LogP contribution in [0.15, 0.2) is 29.8 Å². The summed E-state index contributed by atoms with van der Waals surface area (Å²) in [7, 11) is 0. The second-order valence-electron chi connectivity index (χ2n) is 3.50. The standard InChI is InChI=1S/C12H16O2/c1-9-3-5-11(6-4-9)7-10(2)12(14)8-13/h3-7,12-14H,8H2,1-2H3. The number of aliphatic hydroxyl groups excluding tert-OH is 2. The number of hydrogen-bond donors (Lipinski definition) is 2. The van der Waals surface area contributed by atoms with Gasteiger partial charge in [-0.3, -0.25) is 0 Å². The van der Waals surface area contributed by atoms with Crippen molar-refractivity contribution in [2.75, 3.05) is 6.61 Å². The molecule has 1 aromatic rings. The van der Waals surface area contributed by atoms with Crippen molar-refractivity contribution >= 4 is 6.08 Å². The Hall–Kier alpha value is -1.12. The molecular formula is C12H16O2. The lowest BCUT2D eigenvalue weighted by atomic mass is 10.1. The zero-order chi connectivity index (χ0) is 10.6. The predicted molar refractivity (Wildman–Crippen MR) is 57.9 cm³/mol. The predicted octanol–water partition coefficient (Wildman–Crippen LogP) is 1.75. The number of hydrogen-bond acceptors (Lipinski definition) is 2. The third-order valence-corrected chi connectivity index (χ3v) is 2.17. The number of aliphatic hydroxyl groups is 2. The molecule has 76 valence electrons. The van der Waals surface area contributed by atoms with Gasteiger partial charge in [0.25, 0.3) is 0 Å². The largest absolute Gasteiger partial charge is 0.393 e. The molecule has 0 aromatic heterocycles. The van der Waals surface area contributed by atoms with Gasteiger partial charge in [-0.2, -0.15) is 0 Å². The second-order valence-corrected chi connectivity index (χ2v) is 3.50. The van der Waals surface area contributed by atoms with Gasteiger partial charge >= 0.3 is 0 Å². The van der Waals surface area contributed by atoms with Crippen LogP contribution in [0.25, 0.3) is 6.08 Å². The molecule has 0 saturated heterocycles. The molecule has 14 heavy (non-hydrogen) atoms. The number of benzene rings is 1. The van der Waals surface area contributed by atoms with E-state index in [0.717, 1.165) is 11.1 Å². The summed E-state index contributed by atoms with van der Waals surface area (Å²) < 4.78 is 0. The van der Waals surface area contributed by atoms with Gasteiger partial charge in [0, 0.05) is 0 Å². The lowest BCUT2D eigenvalue weighted by Crippen LogP contribution is -2.12. The molecule has 2 N–H and O–H groups in total. The van der Waals surface area contributed by atoms with Crippen LogP contribution in [0.3, 0.4) is 0 Å². The van der Waals surface area contributed by atoms with Crippen molar-refractivity contribution in [1.29, 1.82) is 0 Å². The average Bonchev–Trinajstić information content (AvgIpc) is 2.20. The van der Waals surface area contributed by atoms with E-state index in [1.165, 1.54) is 5.56 Å². The van der Waals surface area contributed by atoms with E-state index in [-0.39, 0.29) is 6.61 Å². The molecular weight excluding hydrogens is 176 g/mol. The van der Waals surface area contributed by atoms with Crippen molar-refractivity contribution in [3.8, 4) is 0 Å². The summed E-state index contributed by atoms with van der Waals surface area (Å²) >= 11 is 0. The fourth-order valence-electron chi connectivity index (χ4n) is 1.17. The first-order chi connectivity index (χ1) is 6.63. The maximum Gasteiger partial charge on any atom is 0.0981 e. The molecule has 0 aliphatic rings. The van der Waals surface area contributed by atoms with E-state index in [9.17, 15) is 5.11 Å². The maximum absolute atomic E-state index is 9.32. The molecule has 0 spiro atoms. The highest BCUT2D eigenvalue weighted by atomic mass is 16.3. The van der Waals surface area contributed by atoms with Crippen LogP contribution >= 0.6 is 0 Å². The fraction of sp³-hybridized carbons (Fsp3) is 0.333. The Labute approximate surface area is 84.5 Å². The Morgan fingerprint density at radius 1 is 1.36 bits per heavy atom. The van der Waals surface area contributed by atoms with E-state index in [2.05, 4.69) is 0 Å². The van der Waals surface area contributed by atoms with E-state index in [1.54, 1.807) is 6.92 Å². The van der Waals surface area contributed by atoms with E-state index in [1.807, 2.05) is 37.3 Å². The Morgan fingerprint density at radius 2 is 1.93 bits per heavy atom. The Balaban J connectivity index is 2.81. The quantitative estimate of drug-likeness (QED) is 0.766. The monoisotopic (exact) mass is 192 g/mol. The summed E-state index contributed by atoms with van der Waals surface area (Å²) in [6.07, 6.45) is 1.12. The van der Waals surface area contributed by atoms with Crippen molar-refractivity contribution < 1.29 is 10.2 Å². The topological polar surface area (TPSA) is 40.5 Å². The molecule has 2 nitrogen and oxygen atoms in total. The maximum atomic E-state index is 9.32. The van der Waals surface area contributed by atoms with Gasteiger partial charge in [-0.1, -0.05) is 35.9 Å². The van der Waals surface area contributed by atoms with Gasteiger partial charge in [0.1, 0.15) is 0 Å². The highest BCUT2D eigenvalue weighted by Gasteiger charge is 2.03. The smallest absolute Gasteiger partial charge is 0.0981 e. The summed E-state index contributed by atoms with van der Waals surface area (Å²) in [6, 6.07) is 8.01. The molecule has 0 amide bonds. The molecule has 0 fully saturated rings. The normalized spacial score (nSPS) is 14.1.